The number of thioether (sulfide) groups is 1. The molecule has 5 rings (SSSR count). The summed E-state index contributed by atoms with van der Waals surface area (Å²) in [7, 11) is 1.27. The predicted octanol–water partition coefficient (Wildman–Crippen LogP) is -0.827. The van der Waals surface area contributed by atoms with Crippen LogP contribution in [0, 0.1) is 11.8 Å². The zero-order valence-corrected chi connectivity index (χ0v) is 49.0. The highest BCUT2D eigenvalue weighted by Gasteiger charge is 2.49. The van der Waals surface area contributed by atoms with E-state index < -0.39 is 164 Å². The van der Waals surface area contributed by atoms with Gasteiger partial charge >= 0.3 is 0 Å². The summed E-state index contributed by atoms with van der Waals surface area (Å²) in [6.07, 6.45) is -7.69. The lowest BCUT2D eigenvalue weighted by molar-refractivity contribution is -0.148. The minimum atomic E-state index is -2.38. The monoisotopic (exact) mass is 1200 g/mol. The Labute approximate surface area is 492 Å². The molecular formula is C57H86N8O18S. The fourth-order valence-corrected chi connectivity index (χ4v) is 11.9. The molecule has 0 bridgehead atoms. The van der Waals surface area contributed by atoms with Crippen LogP contribution >= 0.6 is 11.8 Å². The van der Waals surface area contributed by atoms with Crippen molar-refractivity contribution in [2.45, 2.75) is 207 Å². The molecule has 16 N–H and O–H groups in total. The van der Waals surface area contributed by atoms with E-state index in [9.17, 15) is 84.3 Å². The molecule has 468 valence electrons. The molecule has 3 saturated heterocycles. The Kier molecular flexibility index (Phi) is 26.3. The molecule has 2 unspecified atom stereocenters. The number of nitrogens with two attached hydrogens (primary N) is 1. The van der Waals surface area contributed by atoms with Crippen LogP contribution in [-0.4, -0.2) is 201 Å². The normalized spacial score (nSPS) is 27.1. The first kappa shape index (κ1) is 68.5. The van der Waals surface area contributed by atoms with Gasteiger partial charge in [-0.3, -0.25) is 38.4 Å². The summed E-state index contributed by atoms with van der Waals surface area (Å²) in [5.41, 5.74) is 5.30. The summed E-state index contributed by atoms with van der Waals surface area (Å²) in [5, 5.41) is 111. The number of hydrogen-bond acceptors (Lipinski definition) is 19. The molecule has 0 spiro atoms. The van der Waals surface area contributed by atoms with E-state index in [-0.39, 0.29) is 40.5 Å². The van der Waals surface area contributed by atoms with Crippen LogP contribution in [-0.2, 0) is 38.4 Å². The summed E-state index contributed by atoms with van der Waals surface area (Å²) in [6.45, 7) is 6.79. The fourth-order valence-electron chi connectivity index (χ4n) is 10.8. The summed E-state index contributed by atoms with van der Waals surface area (Å²) >= 11 is 0.723. The number of unbranched alkanes of at least 4 members (excludes halogenated alkanes) is 5. The van der Waals surface area contributed by atoms with Gasteiger partial charge in [0.15, 0.2) is 0 Å². The van der Waals surface area contributed by atoms with E-state index in [4.69, 9.17) is 10.5 Å². The molecule has 0 radical (unpaired) electrons. The molecule has 84 heavy (non-hydrogen) atoms. The van der Waals surface area contributed by atoms with Gasteiger partial charge in [-0.15, -0.1) is 0 Å². The highest BCUT2D eigenvalue weighted by molar-refractivity contribution is 8.00. The molecule has 16 atom stereocenters. The molecule has 3 aliphatic rings. The first-order valence-electron chi connectivity index (χ1n) is 28.7. The van der Waals surface area contributed by atoms with Crippen molar-refractivity contribution in [1.29, 1.82) is 0 Å². The smallest absolute Gasteiger partial charge is 0.248 e. The van der Waals surface area contributed by atoms with Crippen molar-refractivity contribution in [3.05, 3.63) is 48.0 Å². The number of phenolic OH excluding ortho intramolecular Hbond substituents is 2. The van der Waals surface area contributed by atoms with E-state index in [2.05, 4.69) is 47.4 Å². The van der Waals surface area contributed by atoms with Crippen LogP contribution in [0.2, 0.25) is 0 Å². The number of methoxy groups -OCH3 is 1. The van der Waals surface area contributed by atoms with E-state index in [1.807, 2.05) is 0 Å². The third kappa shape index (κ3) is 19.1. The Morgan fingerprint density at radius 3 is 2.00 bits per heavy atom. The lowest BCUT2D eigenvalue weighted by Gasteiger charge is -2.34. The first-order valence-corrected chi connectivity index (χ1v) is 29.6. The fraction of sp³-hybridized carbons (Fsp3) is 0.649. The maximum atomic E-state index is 14.8. The summed E-state index contributed by atoms with van der Waals surface area (Å²) < 4.78 is 5.46. The standard InChI is InChI=1S/C57H86N8O18S/c1-6-29(2)23-30(3)13-11-9-7-8-10-12-14-44(74)59-36-26-40(72)55(84-42-20-19-34(68)25-41(42)83-5)63-54(80)48-38(70)21-22-64(48)57(82)46(39(71)27-43(58)73)61-53(79)47(50(76)49(75)32-15-17-33(67)18-16-32)62-52(78)37-24-35(69)28-65(37)56(81)45(31(4)66)60-51(36)77/h15-20,25,29-31,35-40,45-50,55,66-72,75-76H,6-14,21-24,26-28H2,1-5H3,(H2,58,73)(H,59,74)(H,60,77)(H,61,79)(H,62,78)(H,63,80)/t29?,30?,31-,35-,36+,37+,38+,39-,40-,45+,46+,47+,48+,49+,50+,55-/m1/s1. The van der Waals surface area contributed by atoms with Crippen molar-refractivity contribution < 1.29 is 89.1 Å². The Morgan fingerprint density at radius 1 is 0.738 bits per heavy atom. The largest absolute Gasteiger partial charge is 0.508 e. The molecule has 3 aliphatic heterocycles. The highest BCUT2D eigenvalue weighted by Crippen LogP contribution is 2.36. The van der Waals surface area contributed by atoms with Gasteiger partial charge in [0.25, 0.3) is 0 Å². The van der Waals surface area contributed by atoms with Crippen LogP contribution in [0.25, 0.3) is 0 Å². The second-order valence-electron chi connectivity index (χ2n) is 22.5. The number of nitrogens with one attached hydrogen (secondary N) is 5. The maximum Gasteiger partial charge on any atom is 0.248 e. The molecule has 0 aliphatic carbocycles. The number of phenols is 2. The number of benzene rings is 2. The average molecular weight is 1200 g/mol. The van der Waals surface area contributed by atoms with Crippen LogP contribution in [0.15, 0.2) is 47.4 Å². The van der Waals surface area contributed by atoms with Crippen LogP contribution in [0.1, 0.15) is 129 Å². The summed E-state index contributed by atoms with van der Waals surface area (Å²) in [4.78, 5) is 116. The van der Waals surface area contributed by atoms with Gasteiger partial charge in [-0.05, 0) is 67.9 Å². The molecule has 26 nitrogen and oxygen atoms in total. The second-order valence-corrected chi connectivity index (χ2v) is 23.7. The van der Waals surface area contributed by atoms with Gasteiger partial charge in [-0.25, -0.2) is 0 Å². The Morgan fingerprint density at radius 2 is 1.36 bits per heavy atom. The van der Waals surface area contributed by atoms with Crippen LogP contribution in [0.4, 0.5) is 0 Å². The van der Waals surface area contributed by atoms with E-state index in [0.29, 0.717) is 24.7 Å². The third-order valence-corrected chi connectivity index (χ3v) is 17.0. The third-order valence-electron chi connectivity index (χ3n) is 15.7. The first-order chi connectivity index (χ1) is 39.7. The van der Waals surface area contributed by atoms with Crippen molar-refractivity contribution in [1.82, 2.24) is 36.4 Å². The summed E-state index contributed by atoms with van der Waals surface area (Å²) in [5.74, 6) is -8.56. The molecule has 3 heterocycles. The minimum absolute atomic E-state index is 0.0397. The predicted molar refractivity (Wildman–Crippen MR) is 304 cm³/mol. The quantitative estimate of drug-likeness (QED) is 0.0604. The van der Waals surface area contributed by atoms with Gasteiger partial charge in [0, 0.05) is 38.4 Å². The van der Waals surface area contributed by atoms with Crippen molar-refractivity contribution in [2.75, 3.05) is 20.2 Å². The molecule has 0 aromatic heterocycles. The Balaban J connectivity index is 1.57. The number of nitrogens with zero attached hydrogens (tertiary/aromatic N) is 2. The number of hydrogen-bond donors (Lipinski definition) is 15. The van der Waals surface area contributed by atoms with Gasteiger partial charge in [-0.2, -0.15) is 0 Å². The minimum Gasteiger partial charge on any atom is -0.508 e. The van der Waals surface area contributed by atoms with E-state index in [1.165, 1.54) is 43.9 Å². The number of aliphatic hydroxyl groups excluding tert-OH is 7. The number of primary amides is 1. The zero-order valence-electron chi connectivity index (χ0n) is 48.2. The number of amides is 8. The number of fused-ring (bicyclic) bond motifs is 2. The highest BCUT2D eigenvalue weighted by atomic mass is 32.2. The Hall–Kier alpha value is -6.33. The molecule has 2 aromatic rings. The van der Waals surface area contributed by atoms with Gasteiger partial charge < -0.3 is 92.8 Å². The lowest BCUT2D eigenvalue weighted by Crippen LogP contribution is -2.64. The SMILES string of the molecule is CCC(C)CC(C)CCCCCCCCC(=O)N[C@H]1C[C@@H](O)[C@@H](Sc2ccc(O)cc2OC)NC(=O)[C@@H]2[C@@H](O)CCN2C(=O)[C@H]([C@H](O)CC(N)=O)NC(=O)[C@H]([C@H](O)[C@@H](O)c2ccc(O)cc2)NC(=O)[C@@H]2C[C@@H](O)CN2C(=O)[C@H]([C@@H](C)O)NC1=O. The van der Waals surface area contributed by atoms with E-state index >= 15 is 0 Å². The molecule has 3 fully saturated rings. The average Bonchev–Trinajstić information content (AvgIpc) is 4.16. The van der Waals surface area contributed by atoms with Gasteiger partial charge in [-0.1, -0.05) is 89.6 Å². The number of aromatic hydroxyl groups is 2. The van der Waals surface area contributed by atoms with Crippen LogP contribution in [0.3, 0.4) is 0 Å². The topological polar surface area (TPSA) is 421 Å². The van der Waals surface area contributed by atoms with E-state index in [1.54, 1.807) is 0 Å². The van der Waals surface area contributed by atoms with Crippen LogP contribution in [0.5, 0.6) is 17.2 Å². The number of ether oxygens (including phenoxy) is 1. The maximum absolute atomic E-state index is 14.8. The summed E-state index contributed by atoms with van der Waals surface area (Å²) in [6, 6.07) is -3.49. The zero-order chi connectivity index (χ0) is 62.1. The van der Waals surface area contributed by atoms with Gasteiger partial charge in [0.2, 0.25) is 47.3 Å². The number of carbonyl (C=O) groups excluding carboxylic acids is 8. The lowest BCUT2D eigenvalue weighted by atomic mass is 9.91. The Bertz CT molecular complexity index is 2570. The molecule has 27 heteroatoms. The second kappa shape index (κ2) is 32.3. The molecule has 2 aromatic carbocycles. The number of aliphatic hydroxyl groups is 7. The van der Waals surface area contributed by atoms with Crippen molar-refractivity contribution in [2.24, 2.45) is 17.6 Å². The van der Waals surface area contributed by atoms with Crippen molar-refractivity contribution in [3.63, 3.8) is 0 Å². The molecule has 0 saturated carbocycles. The van der Waals surface area contributed by atoms with Gasteiger partial charge in [0.05, 0.1) is 48.9 Å². The van der Waals surface area contributed by atoms with Crippen LogP contribution < -0.4 is 37.1 Å². The number of rotatable bonds is 23. The molecular weight excluding hydrogens is 1120 g/mol. The van der Waals surface area contributed by atoms with Gasteiger partial charge in [0.1, 0.15) is 71.1 Å². The number of carbonyl (C=O) groups is 8. The molecule has 8 amide bonds. The van der Waals surface area contributed by atoms with Crippen molar-refractivity contribution >= 4 is 59.0 Å². The van der Waals surface area contributed by atoms with E-state index in [0.717, 1.165) is 79.1 Å². The van der Waals surface area contributed by atoms with Crippen molar-refractivity contribution in [3.8, 4) is 17.2 Å².